The van der Waals surface area contributed by atoms with Gasteiger partial charge in [-0.2, -0.15) is 0 Å². The fraction of sp³-hybridized carbons (Fsp3) is 0.462. The molecular weight excluding hydrogens is 218 g/mol. The van der Waals surface area contributed by atoms with Crippen molar-refractivity contribution in [1.29, 1.82) is 0 Å². The van der Waals surface area contributed by atoms with E-state index in [1.54, 1.807) is 18.2 Å². The lowest BCUT2D eigenvalue weighted by atomic mass is 10.1. The van der Waals surface area contributed by atoms with E-state index in [9.17, 15) is 9.90 Å². The van der Waals surface area contributed by atoms with Gasteiger partial charge in [0.1, 0.15) is 0 Å². The minimum absolute atomic E-state index is 0.0955. The van der Waals surface area contributed by atoms with Crippen LogP contribution < -0.4 is 10.1 Å². The molecular formula is C13H19NO3. The Morgan fingerprint density at radius 1 is 1.53 bits per heavy atom. The van der Waals surface area contributed by atoms with Crippen molar-refractivity contribution in [2.24, 2.45) is 0 Å². The molecule has 1 aromatic rings. The third-order valence-corrected chi connectivity index (χ3v) is 2.56. The summed E-state index contributed by atoms with van der Waals surface area (Å²) in [6.45, 7) is 4.00. The molecule has 0 fully saturated rings. The average molecular weight is 237 g/mol. The predicted octanol–water partition coefficient (Wildman–Crippen LogP) is 2.32. The van der Waals surface area contributed by atoms with Crippen molar-refractivity contribution in [3.63, 3.8) is 0 Å². The number of hydrogen-bond donors (Lipinski definition) is 2. The van der Waals surface area contributed by atoms with Crippen LogP contribution in [0, 0.1) is 0 Å². The zero-order valence-electron chi connectivity index (χ0n) is 10.5. The second-order valence-electron chi connectivity index (χ2n) is 4.02. The van der Waals surface area contributed by atoms with Crippen molar-refractivity contribution >= 4 is 5.91 Å². The van der Waals surface area contributed by atoms with E-state index in [2.05, 4.69) is 12.2 Å². The predicted molar refractivity (Wildman–Crippen MR) is 66.5 cm³/mol. The first kappa shape index (κ1) is 13.4. The molecule has 2 N–H and O–H groups in total. The Balaban J connectivity index is 2.82. The first-order valence-electron chi connectivity index (χ1n) is 5.77. The number of phenolic OH excluding ortho intramolecular Hbond substituents is 1. The highest BCUT2D eigenvalue weighted by Crippen LogP contribution is 2.29. The molecule has 1 rings (SSSR count). The molecule has 0 bridgehead atoms. The Kier molecular flexibility index (Phi) is 4.82. The minimum atomic E-state index is -0.276. The summed E-state index contributed by atoms with van der Waals surface area (Å²) < 4.78 is 4.96. The lowest BCUT2D eigenvalue weighted by Crippen LogP contribution is -2.32. The Hall–Kier alpha value is -1.71. The van der Waals surface area contributed by atoms with Gasteiger partial charge < -0.3 is 15.2 Å². The summed E-state index contributed by atoms with van der Waals surface area (Å²) in [5, 5.41) is 12.7. The molecule has 0 spiro atoms. The number of carbonyl (C=O) groups is 1. The summed E-state index contributed by atoms with van der Waals surface area (Å²) in [6, 6.07) is 4.96. The van der Waals surface area contributed by atoms with Gasteiger partial charge in [-0.1, -0.05) is 19.4 Å². The number of aromatic hydroxyl groups is 1. The first-order chi connectivity index (χ1) is 8.10. The van der Waals surface area contributed by atoms with Crippen molar-refractivity contribution < 1.29 is 14.6 Å². The van der Waals surface area contributed by atoms with Crippen LogP contribution in [0.15, 0.2) is 18.2 Å². The van der Waals surface area contributed by atoms with Crippen LogP contribution in [0.3, 0.4) is 0 Å². The van der Waals surface area contributed by atoms with Crippen LogP contribution in [0.1, 0.15) is 37.0 Å². The number of nitrogens with one attached hydrogen (secondary N) is 1. The maximum atomic E-state index is 11.9. The molecule has 17 heavy (non-hydrogen) atoms. The molecule has 0 aliphatic carbocycles. The van der Waals surface area contributed by atoms with Crippen molar-refractivity contribution in [3.05, 3.63) is 23.8 Å². The van der Waals surface area contributed by atoms with E-state index in [4.69, 9.17) is 4.74 Å². The van der Waals surface area contributed by atoms with Crippen LogP contribution in [-0.4, -0.2) is 24.2 Å². The summed E-state index contributed by atoms with van der Waals surface area (Å²) in [5.74, 6) is -0.0839. The highest BCUT2D eigenvalue weighted by atomic mass is 16.5. The standard InChI is InChI=1S/C13H19NO3/c1-4-6-9(2)14-13(16)10-7-5-8-11(17-3)12(10)15/h5,7-9,15H,4,6H2,1-3H3,(H,14,16). The summed E-state index contributed by atoms with van der Waals surface area (Å²) >= 11 is 0. The van der Waals surface area contributed by atoms with Crippen LogP contribution in [0.4, 0.5) is 0 Å². The van der Waals surface area contributed by atoms with Crippen molar-refractivity contribution in [1.82, 2.24) is 5.32 Å². The monoisotopic (exact) mass is 237 g/mol. The quantitative estimate of drug-likeness (QED) is 0.826. The van der Waals surface area contributed by atoms with Gasteiger partial charge in [-0.3, -0.25) is 4.79 Å². The van der Waals surface area contributed by atoms with Crippen molar-refractivity contribution in [2.45, 2.75) is 32.7 Å². The van der Waals surface area contributed by atoms with Gasteiger partial charge in [0.05, 0.1) is 12.7 Å². The number of para-hydroxylation sites is 1. The molecule has 4 heteroatoms. The van der Waals surface area contributed by atoms with Gasteiger partial charge in [-0.15, -0.1) is 0 Å². The van der Waals surface area contributed by atoms with E-state index in [1.807, 2.05) is 6.92 Å². The summed E-state index contributed by atoms with van der Waals surface area (Å²) in [6.07, 6.45) is 1.92. The second-order valence-corrected chi connectivity index (χ2v) is 4.02. The number of methoxy groups -OCH3 is 1. The number of benzene rings is 1. The lowest BCUT2D eigenvalue weighted by Gasteiger charge is -2.14. The molecule has 94 valence electrons. The molecule has 1 atom stereocenters. The summed E-state index contributed by atoms with van der Waals surface area (Å²) in [4.78, 5) is 11.9. The number of ether oxygens (including phenoxy) is 1. The van der Waals surface area contributed by atoms with E-state index in [-0.39, 0.29) is 23.3 Å². The molecule has 1 amide bonds. The minimum Gasteiger partial charge on any atom is -0.504 e. The van der Waals surface area contributed by atoms with E-state index >= 15 is 0 Å². The fourth-order valence-corrected chi connectivity index (χ4v) is 1.68. The second kappa shape index (κ2) is 6.13. The van der Waals surface area contributed by atoms with Crippen molar-refractivity contribution in [2.75, 3.05) is 7.11 Å². The van der Waals surface area contributed by atoms with E-state index < -0.39 is 0 Å². The molecule has 1 unspecified atom stereocenters. The Labute approximate surface area is 102 Å². The van der Waals surface area contributed by atoms with Gasteiger partial charge in [-0.25, -0.2) is 0 Å². The summed E-state index contributed by atoms with van der Waals surface area (Å²) in [7, 11) is 1.45. The normalized spacial score (nSPS) is 11.9. The van der Waals surface area contributed by atoms with Gasteiger partial charge in [0.15, 0.2) is 11.5 Å². The van der Waals surface area contributed by atoms with Gasteiger partial charge in [0.25, 0.3) is 5.91 Å². The molecule has 1 aromatic carbocycles. The lowest BCUT2D eigenvalue weighted by molar-refractivity contribution is 0.0935. The Bertz CT molecular complexity index is 390. The Morgan fingerprint density at radius 2 is 2.24 bits per heavy atom. The average Bonchev–Trinajstić information content (AvgIpc) is 2.29. The van der Waals surface area contributed by atoms with Gasteiger partial charge in [0.2, 0.25) is 0 Å². The largest absolute Gasteiger partial charge is 0.504 e. The van der Waals surface area contributed by atoms with Crippen LogP contribution in [0.25, 0.3) is 0 Å². The highest BCUT2D eigenvalue weighted by Gasteiger charge is 2.15. The smallest absolute Gasteiger partial charge is 0.255 e. The molecule has 0 saturated carbocycles. The topological polar surface area (TPSA) is 58.6 Å². The maximum Gasteiger partial charge on any atom is 0.255 e. The zero-order valence-corrected chi connectivity index (χ0v) is 10.5. The number of carbonyl (C=O) groups excluding carboxylic acids is 1. The highest BCUT2D eigenvalue weighted by molar-refractivity contribution is 5.97. The molecule has 0 saturated heterocycles. The molecule has 0 aliphatic rings. The summed E-state index contributed by atoms with van der Waals surface area (Å²) in [5.41, 5.74) is 0.243. The molecule has 0 aromatic heterocycles. The molecule has 4 nitrogen and oxygen atoms in total. The van der Waals surface area contributed by atoms with Crippen LogP contribution >= 0.6 is 0 Å². The van der Waals surface area contributed by atoms with E-state index in [1.165, 1.54) is 7.11 Å². The van der Waals surface area contributed by atoms with Crippen LogP contribution in [0.5, 0.6) is 11.5 Å². The molecule has 0 heterocycles. The van der Waals surface area contributed by atoms with Gasteiger partial charge in [0, 0.05) is 6.04 Å². The van der Waals surface area contributed by atoms with E-state index in [0.717, 1.165) is 12.8 Å². The first-order valence-corrected chi connectivity index (χ1v) is 5.77. The van der Waals surface area contributed by atoms with Crippen molar-refractivity contribution in [3.8, 4) is 11.5 Å². The fourth-order valence-electron chi connectivity index (χ4n) is 1.68. The van der Waals surface area contributed by atoms with E-state index in [0.29, 0.717) is 5.75 Å². The third-order valence-electron chi connectivity index (χ3n) is 2.56. The van der Waals surface area contributed by atoms with Gasteiger partial charge in [-0.05, 0) is 25.5 Å². The zero-order chi connectivity index (χ0) is 12.8. The molecule has 0 aliphatic heterocycles. The van der Waals surface area contributed by atoms with Crippen LogP contribution in [0.2, 0.25) is 0 Å². The third kappa shape index (κ3) is 3.37. The SMILES string of the molecule is CCCC(C)NC(=O)c1cccc(OC)c1O. The molecule has 0 radical (unpaired) electrons. The van der Waals surface area contributed by atoms with Gasteiger partial charge >= 0.3 is 0 Å². The van der Waals surface area contributed by atoms with Crippen LogP contribution in [-0.2, 0) is 0 Å². The number of phenols is 1. The maximum absolute atomic E-state index is 11.9. The Morgan fingerprint density at radius 3 is 2.82 bits per heavy atom. The number of hydrogen-bond acceptors (Lipinski definition) is 3. The number of rotatable bonds is 5. The number of amides is 1.